The molecular formula is C10H16N2O5S2. The molecule has 0 fully saturated rings. The highest BCUT2D eigenvalue weighted by Crippen LogP contribution is 2.39. The molecule has 1 aromatic rings. The van der Waals surface area contributed by atoms with Crippen molar-refractivity contribution in [1.82, 2.24) is 0 Å². The molecule has 0 saturated carbocycles. The summed E-state index contributed by atoms with van der Waals surface area (Å²) in [5.41, 5.74) is -0.224. The highest BCUT2D eigenvalue weighted by molar-refractivity contribution is 7.92. The van der Waals surface area contributed by atoms with Gasteiger partial charge < -0.3 is 10.0 Å². The molecule has 108 valence electrons. The number of rotatable bonds is 6. The second kappa shape index (κ2) is 5.85. The van der Waals surface area contributed by atoms with Gasteiger partial charge in [-0.3, -0.25) is 10.1 Å². The molecule has 0 aliphatic rings. The average Bonchev–Trinajstić information content (AvgIpc) is 2.70. The van der Waals surface area contributed by atoms with Crippen molar-refractivity contribution in [3.63, 3.8) is 0 Å². The van der Waals surface area contributed by atoms with Crippen LogP contribution in [-0.4, -0.2) is 44.4 Å². The second-order valence-corrected chi connectivity index (χ2v) is 7.62. The normalized spacial score (nSPS) is 13.3. The lowest BCUT2D eigenvalue weighted by atomic mass is 10.3. The zero-order valence-corrected chi connectivity index (χ0v) is 12.5. The number of anilines is 1. The van der Waals surface area contributed by atoms with E-state index in [2.05, 4.69) is 0 Å². The molecule has 7 nitrogen and oxygen atoms in total. The van der Waals surface area contributed by atoms with Crippen LogP contribution < -0.4 is 4.90 Å². The van der Waals surface area contributed by atoms with E-state index in [4.69, 9.17) is 0 Å². The van der Waals surface area contributed by atoms with Crippen molar-refractivity contribution < 1.29 is 18.4 Å². The molecule has 1 aromatic heterocycles. The molecule has 9 heteroatoms. The summed E-state index contributed by atoms with van der Waals surface area (Å²) in [4.78, 5) is 11.9. The van der Waals surface area contributed by atoms with Crippen LogP contribution in [0.3, 0.4) is 0 Å². The predicted octanol–water partition coefficient (Wildman–Crippen LogP) is 1.27. The third-order valence-corrected chi connectivity index (χ3v) is 5.50. The molecular weight excluding hydrogens is 292 g/mol. The van der Waals surface area contributed by atoms with Gasteiger partial charge in [0, 0.05) is 25.9 Å². The van der Waals surface area contributed by atoms with Crippen molar-refractivity contribution >= 4 is 31.9 Å². The van der Waals surface area contributed by atoms with Gasteiger partial charge in [0.2, 0.25) is 0 Å². The Labute approximate surface area is 115 Å². The molecule has 0 saturated heterocycles. The molecule has 1 rings (SSSR count). The quantitative estimate of drug-likeness (QED) is 0.627. The van der Waals surface area contributed by atoms with Crippen molar-refractivity contribution in [2.75, 3.05) is 24.7 Å². The van der Waals surface area contributed by atoms with E-state index in [9.17, 15) is 23.6 Å². The monoisotopic (exact) mass is 308 g/mol. The zero-order valence-electron chi connectivity index (χ0n) is 10.9. The van der Waals surface area contributed by atoms with Crippen LogP contribution in [0.15, 0.2) is 10.3 Å². The lowest BCUT2D eigenvalue weighted by molar-refractivity contribution is -0.383. The van der Waals surface area contributed by atoms with E-state index >= 15 is 0 Å². The topological polar surface area (TPSA) is 101 Å². The Kier molecular flexibility index (Phi) is 4.88. The van der Waals surface area contributed by atoms with Crippen LogP contribution in [0.4, 0.5) is 10.7 Å². The molecule has 1 N–H and O–H groups in total. The molecule has 0 aromatic carbocycles. The first-order chi connectivity index (χ1) is 8.62. The molecule has 0 aliphatic carbocycles. The summed E-state index contributed by atoms with van der Waals surface area (Å²) >= 11 is 0.869. The average molecular weight is 308 g/mol. The van der Waals surface area contributed by atoms with Gasteiger partial charge in [0.05, 0.1) is 11.0 Å². The minimum absolute atomic E-state index is 0.0295. The summed E-state index contributed by atoms with van der Waals surface area (Å²) < 4.78 is 22.8. The van der Waals surface area contributed by atoms with Crippen LogP contribution in [0.25, 0.3) is 0 Å². The van der Waals surface area contributed by atoms with Crippen LogP contribution in [-0.2, 0) is 9.84 Å². The summed E-state index contributed by atoms with van der Waals surface area (Å²) in [6.45, 7) is 2.03. The zero-order chi connectivity index (χ0) is 14.8. The summed E-state index contributed by atoms with van der Waals surface area (Å²) in [6, 6.07) is 1.08. The number of thiophene rings is 1. The summed E-state index contributed by atoms with van der Waals surface area (Å²) in [5.74, 6) is 0. The fourth-order valence-electron chi connectivity index (χ4n) is 1.42. The van der Waals surface area contributed by atoms with Gasteiger partial charge in [-0.05, 0) is 13.3 Å². The molecule has 1 atom stereocenters. The van der Waals surface area contributed by atoms with E-state index in [0.717, 1.165) is 23.7 Å². The lowest BCUT2D eigenvalue weighted by Gasteiger charge is -2.17. The highest BCUT2D eigenvalue weighted by atomic mass is 32.2. The summed E-state index contributed by atoms with van der Waals surface area (Å²) in [5, 5.41) is 20.4. The van der Waals surface area contributed by atoms with E-state index in [1.165, 1.54) is 0 Å². The number of nitro groups is 1. The van der Waals surface area contributed by atoms with E-state index < -0.39 is 20.9 Å². The fourth-order valence-corrected chi connectivity index (χ4v) is 3.43. The maximum absolute atomic E-state index is 11.4. The standard InChI is InChI=1S/C10H16N2O5S2/c1-7(13)4-5-11(2)10-8(12(14)15)6-9(18-10)19(3,16)17/h6-7,13H,4-5H2,1-3H3. The number of aliphatic hydroxyl groups is 1. The third kappa shape index (κ3) is 4.15. The van der Waals surface area contributed by atoms with Crippen molar-refractivity contribution in [3.8, 4) is 0 Å². The van der Waals surface area contributed by atoms with Gasteiger partial charge in [-0.25, -0.2) is 8.42 Å². The Hall–Kier alpha value is -1.19. The fraction of sp³-hybridized carbons (Fsp3) is 0.600. The molecule has 0 aliphatic heterocycles. The molecule has 0 amide bonds. The number of sulfone groups is 1. The van der Waals surface area contributed by atoms with Crippen LogP contribution in [0.1, 0.15) is 13.3 Å². The molecule has 0 bridgehead atoms. The second-order valence-electron chi connectivity index (χ2n) is 4.34. The lowest BCUT2D eigenvalue weighted by Crippen LogP contribution is -2.21. The predicted molar refractivity (Wildman–Crippen MR) is 73.7 cm³/mol. The number of hydrogen-bond donors (Lipinski definition) is 1. The first kappa shape index (κ1) is 15.9. The van der Waals surface area contributed by atoms with E-state index in [-0.39, 0.29) is 14.9 Å². The first-order valence-electron chi connectivity index (χ1n) is 5.50. The molecule has 1 unspecified atom stereocenters. The largest absolute Gasteiger partial charge is 0.393 e. The van der Waals surface area contributed by atoms with Crippen LogP contribution in [0.5, 0.6) is 0 Å². The van der Waals surface area contributed by atoms with E-state index in [0.29, 0.717) is 13.0 Å². The Morgan fingerprint density at radius 2 is 2.16 bits per heavy atom. The molecule has 0 radical (unpaired) electrons. The van der Waals surface area contributed by atoms with Gasteiger partial charge >= 0.3 is 5.69 Å². The minimum Gasteiger partial charge on any atom is -0.393 e. The Bertz CT molecular complexity index is 564. The minimum atomic E-state index is -3.46. The smallest absolute Gasteiger partial charge is 0.304 e. The van der Waals surface area contributed by atoms with Crippen LogP contribution >= 0.6 is 11.3 Å². The van der Waals surface area contributed by atoms with Gasteiger partial charge in [-0.15, -0.1) is 0 Å². The first-order valence-corrected chi connectivity index (χ1v) is 8.21. The summed E-state index contributed by atoms with van der Waals surface area (Å²) in [7, 11) is -1.83. The van der Waals surface area contributed by atoms with Gasteiger partial charge in [-0.1, -0.05) is 11.3 Å². The van der Waals surface area contributed by atoms with E-state index in [1.807, 2.05) is 0 Å². The Balaban J connectivity index is 3.11. The van der Waals surface area contributed by atoms with Gasteiger partial charge in [0.1, 0.15) is 4.21 Å². The van der Waals surface area contributed by atoms with Crippen molar-refractivity contribution in [2.24, 2.45) is 0 Å². The van der Waals surface area contributed by atoms with Crippen LogP contribution in [0, 0.1) is 10.1 Å². The maximum atomic E-state index is 11.4. The van der Waals surface area contributed by atoms with Crippen LogP contribution in [0.2, 0.25) is 0 Å². The van der Waals surface area contributed by atoms with Gasteiger partial charge in [0.25, 0.3) is 0 Å². The highest BCUT2D eigenvalue weighted by Gasteiger charge is 2.25. The summed E-state index contributed by atoms with van der Waals surface area (Å²) in [6.07, 6.45) is 0.942. The third-order valence-electron chi connectivity index (χ3n) is 2.46. The van der Waals surface area contributed by atoms with Crippen molar-refractivity contribution in [3.05, 3.63) is 16.2 Å². The maximum Gasteiger partial charge on any atom is 0.304 e. The van der Waals surface area contributed by atoms with Crippen molar-refractivity contribution in [2.45, 2.75) is 23.7 Å². The number of aliphatic hydroxyl groups excluding tert-OH is 1. The number of hydrogen-bond acceptors (Lipinski definition) is 7. The SMILES string of the molecule is CC(O)CCN(C)c1sc(S(C)(=O)=O)cc1[N+](=O)[O-]. The van der Waals surface area contributed by atoms with Crippen molar-refractivity contribution in [1.29, 1.82) is 0 Å². The number of nitrogens with zero attached hydrogens (tertiary/aromatic N) is 2. The molecule has 19 heavy (non-hydrogen) atoms. The molecule has 0 spiro atoms. The van der Waals surface area contributed by atoms with Gasteiger partial charge in [-0.2, -0.15) is 0 Å². The molecule has 1 heterocycles. The van der Waals surface area contributed by atoms with E-state index in [1.54, 1.807) is 18.9 Å². The Morgan fingerprint density at radius 1 is 1.58 bits per heavy atom. The Morgan fingerprint density at radius 3 is 2.58 bits per heavy atom. The van der Waals surface area contributed by atoms with Gasteiger partial charge in [0.15, 0.2) is 14.8 Å².